The summed E-state index contributed by atoms with van der Waals surface area (Å²) in [6.45, 7) is 0. The van der Waals surface area contributed by atoms with Crippen LogP contribution in [0, 0.1) is 0 Å². The maximum absolute atomic E-state index is 11.7. The van der Waals surface area contributed by atoms with Gasteiger partial charge in [-0.05, 0) is 29.8 Å². The zero-order valence-electron chi connectivity index (χ0n) is 9.74. The van der Waals surface area contributed by atoms with E-state index in [1.165, 1.54) is 30.9 Å². The van der Waals surface area contributed by atoms with Crippen molar-refractivity contribution in [3.8, 4) is 0 Å². The Hall–Kier alpha value is -2.89. The SMILES string of the molecule is O=C(O)/C=C/c1ccnc(NC(=O)c2ccoc2)c1. The minimum atomic E-state index is -1.04. The first-order valence-corrected chi connectivity index (χ1v) is 5.36. The average Bonchev–Trinajstić information content (AvgIpc) is 2.91. The fourth-order valence-corrected chi connectivity index (χ4v) is 1.37. The second-order valence-electron chi connectivity index (χ2n) is 3.61. The lowest BCUT2D eigenvalue weighted by molar-refractivity contribution is -0.131. The second-order valence-corrected chi connectivity index (χ2v) is 3.61. The fourth-order valence-electron chi connectivity index (χ4n) is 1.37. The molecule has 0 bridgehead atoms. The van der Waals surface area contributed by atoms with Gasteiger partial charge in [0.2, 0.25) is 0 Å². The van der Waals surface area contributed by atoms with Crippen LogP contribution in [0.25, 0.3) is 6.08 Å². The average molecular weight is 258 g/mol. The quantitative estimate of drug-likeness (QED) is 0.818. The number of rotatable bonds is 4. The molecule has 0 saturated heterocycles. The number of nitrogens with zero attached hydrogens (tertiary/aromatic N) is 1. The molecule has 1 amide bonds. The molecule has 0 atom stereocenters. The van der Waals surface area contributed by atoms with E-state index in [1.54, 1.807) is 12.1 Å². The van der Waals surface area contributed by atoms with E-state index in [1.807, 2.05) is 0 Å². The molecule has 6 nitrogen and oxygen atoms in total. The highest BCUT2D eigenvalue weighted by atomic mass is 16.4. The van der Waals surface area contributed by atoms with Crippen molar-refractivity contribution >= 4 is 23.8 Å². The fraction of sp³-hybridized carbons (Fsp3) is 0. The van der Waals surface area contributed by atoms with Crippen LogP contribution in [0.5, 0.6) is 0 Å². The van der Waals surface area contributed by atoms with Gasteiger partial charge < -0.3 is 14.8 Å². The van der Waals surface area contributed by atoms with Crippen LogP contribution < -0.4 is 5.32 Å². The summed E-state index contributed by atoms with van der Waals surface area (Å²) in [5, 5.41) is 11.1. The minimum absolute atomic E-state index is 0.332. The molecule has 2 N–H and O–H groups in total. The Morgan fingerprint density at radius 3 is 2.89 bits per heavy atom. The number of anilines is 1. The van der Waals surface area contributed by atoms with Gasteiger partial charge in [-0.15, -0.1) is 0 Å². The normalized spacial score (nSPS) is 10.5. The topological polar surface area (TPSA) is 92.4 Å². The van der Waals surface area contributed by atoms with Crippen molar-refractivity contribution in [2.75, 3.05) is 5.32 Å². The van der Waals surface area contributed by atoms with Crippen molar-refractivity contribution in [2.24, 2.45) is 0 Å². The summed E-state index contributed by atoms with van der Waals surface area (Å²) in [7, 11) is 0. The van der Waals surface area contributed by atoms with Crippen LogP contribution in [0.2, 0.25) is 0 Å². The van der Waals surface area contributed by atoms with Crippen LogP contribution in [-0.4, -0.2) is 22.0 Å². The molecule has 0 aliphatic heterocycles. The van der Waals surface area contributed by atoms with Crippen molar-refractivity contribution in [3.63, 3.8) is 0 Å². The lowest BCUT2D eigenvalue weighted by atomic mass is 10.2. The van der Waals surface area contributed by atoms with Crippen molar-refractivity contribution in [1.29, 1.82) is 0 Å². The molecular formula is C13H10N2O4. The molecule has 0 unspecified atom stereocenters. The highest BCUT2D eigenvalue weighted by Crippen LogP contribution is 2.10. The maximum atomic E-state index is 11.7. The highest BCUT2D eigenvalue weighted by molar-refractivity contribution is 6.03. The number of aromatic nitrogens is 1. The van der Waals surface area contributed by atoms with Gasteiger partial charge >= 0.3 is 5.97 Å². The summed E-state index contributed by atoms with van der Waals surface area (Å²) in [5.74, 6) is -1.06. The van der Waals surface area contributed by atoms with Crippen molar-refractivity contribution in [1.82, 2.24) is 4.98 Å². The Bertz CT molecular complexity index is 617. The Balaban J connectivity index is 2.11. The number of aliphatic carboxylic acids is 1. The van der Waals surface area contributed by atoms with E-state index in [2.05, 4.69) is 10.3 Å². The standard InChI is InChI=1S/C13H10N2O4/c16-12(17)2-1-9-3-5-14-11(7-9)15-13(18)10-4-6-19-8-10/h1-8H,(H,16,17)(H,14,15,18)/b2-1+. The largest absolute Gasteiger partial charge is 0.478 e. The van der Waals surface area contributed by atoms with Gasteiger partial charge in [-0.1, -0.05) is 0 Å². The summed E-state index contributed by atoms with van der Waals surface area (Å²) in [6.07, 6.45) is 6.62. The maximum Gasteiger partial charge on any atom is 0.328 e. The third-order valence-electron chi connectivity index (χ3n) is 2.23. The minimum Gasteiger partial charge on any atom is -0.478 e. The summed E-state index contributed by atoms with van der Waals surface area (Å²) in [4.78, 5) is 26.1. The number of nitrogens with one attached hydrogen (secondary N) is 1. The molecule has 2 rings (SSSR count). The predicted molar refractivity (Wildman–Crippen MR) is 67.6 cm³/mol. The summed E-state index contributed by atoms with van der Waals surface area (Å²) < 4.78 is 4.80. The van der Waals surface area contributed by atoms with Crippen LogP contribution in [0.4, 0.5) is 5.82 Å². The Kier molecular flexibility index (Phi) is 3.72. The molecule has 19 heavy (non-hydrogen) atoms. The molecule has 2 aromatic rings. The van der Waals surface area contributed by atoms with E-state index in [4.69, 9.17) is 9.52 Å². The second kappa shape index (κ2) is 5.63. The number of carbonyl (C=O) groups excluding carboxylic acids is 1. The lowest BCUT2D eigenvalue weighted by Crippen LogP contribution is -2.11. The first-order chi connectivity index (χ1) is 9.15. The molecule has 0 spiro atoms. The van der Waals surface area contributed by atoms with E-state index in [9.17, 15) is 9.59 Å². The number of pyridine rings is 1. The molecule has 0 radical (unpaired) electrons. The van der Waals surface area contributed by atoms with Gasteiger partial charge in [-0.3, -0.25) is 4.79 Å². The number of furan rings is 1. The third-order valence-corrected chi connectivity index (χ3v) is 2.23. The molecular weight excluding hydrogens is 248 g/mol. The lowest BCUT2D eigenvalue weighted by Gasteiger charge is -2.03. The van der Waals surface area contributed by atoms with E-state index in [0.29, 0.717) is 16.9 Å². The Morgan fingerprint density at radius 2 is 2.21 bits per heavy atom. The molecule has 0 aliphatic carbocycles. The zero-order valence-corrected chi connectivity index (χ0v) is 9.74. The van der Waals surface area contributed by atoms with E-state index < -0.39 is 5.97 Å². The summed E-state index contributed by atoms with van der Waals surface area (Å²) in [5.41, 5.74) is 1.01. The number of amides is 1. The smallest absolute Gasteiger partial charge is 0.328 e. The first kappa shape index (κ1) is 12.6. The molecule has 0 aliphatic rings. The Labute approximate surface area is 108 Å². The van der Waals surface area contributed by atoms with Crippen LogP contribution in [0.1, 0.15) is 15.9 Å². The Morgan fingerprint density at radius 1 is 1.37 bits per heavy atom. The molecule has 2 heterocycles. The van der Waals surface area contributed by atoms with Gasteiger partial charge in [0, 0.05) is 12.3 Å². The van der Waals surface area contributed by atoms with E-state index in [0.717, 1.165) is 6.08 Å². The van der Waals surface area contributed by atoms with Crippen LogP contribution in [0.3, 0.4) is 0 Å². The number of hydrogen-bond acceptors (Lipinski definition) is 4. The molecule has 0 aromatic carbocycles. The number of carboxylic acid groups (broad SMARTS) is 1. The molecule has 96 valence electrons. The van der Waals surface area contributed by atoms with E-state index in [-0.39, 0.29) is 5.91 Å². The van der Waals surface area contributed by atoms with Gasteiger partial charge in [0.15, 0.2) is 0 Å². The van der Waals surface area contributed by atoms with Crippen molar-refractivity contribution < 1.29 is 19.1 Å². The zero-order chi connectivity index (χ0) is 13.7. The molecule has 0 saturated carbocycles. The van der Waals surface area contributed by atoms with Gasteiger partial charge in [-0.25, -0.2) is 9.78 Å². The van der Waals surface area contributed by atoms with Gasteiger partial charge in [0.1, 0.15) is 12.1 Å². The van der Waals surface area contributed by atoms with Crippen LogP contribution in [0.15, 0.2) is 47.4 Å². The van der Waals surface area contributed by atoms with Crippen molar-refractivity contribution in [2.45, 2.75) is 0 Å². The molecule has 6 heteroatoms. The summed E-state index contributed by atoms with van der Waals surface area (Å²) in [6, 6.07) is 4.73. The molecule has 2 aromatic heterocycles. The highest BCUT2D eigenvalue weighted by Gasteiger charge is 2.07. The summed E-state index contributed by atoms with van der Waals surface area (Å²) >= 11 is 0. The van der Waals surface area contributed by atoms with Crippen molar-refractivity contribution in [3.05, 3.63) is 54.1 Å². The number of carbonyl (C=O) groups is 2. The third kappa shape index (κ3) is 3.53. The molecule has 0 fully saturated rings. The van der Waals surface area contributed by atoms with E-state index >= 15 is 0 Å². The number of carboxylic acids is 1. The van der Waals surface area contributed by atoms with Crippen LogP contribution >= 0.6 is 0 Å². The van der Waals surface area contributed by atoms with Gasteiger partial charge in [0.25, 0.3) is 5.91 Å². The monoisotopic (exact) mass is 258 g/mol. The van der Waals surface area contributed by atoms with Gasteiger partial charge in [-0.2, -0.15) is 0 Å². The van der Waals surface area contributed by atoms with Crippen LogP contribution in [-0.2, 0) is 4.79 Å². The van der Waals surface area contributed by atoms with Gasteiger partial charge in [0.05, 0.1) is 11.8 Å². The predicted octanol–water partition coefficient (Wildman–Crippen LogP) is 2.02. The number of hydrogen-bond donors (Lipinski definition) is 2. The first-order valence-electron chi connectivity index (χ1n) is 5.36.